The molecule has 0 saturated carbocycles. The van der Waals surface area contributed by atoms with Crippen molar-refractivity contribution in [2.75, 3.05) is 65.8 Å². The fourth-order valence-electron chi connectivity index (χ4n) is 6.91. The van der Waals surface area contributed by atoms with Crippen molar-refractivity contribution in [1.29, 1.82) is 0 Å². The molecule has 0 N–H and O–H groups in total. The number of morpholine rings is 1. The molecule has 0 aliphatic carbocycles. The molecule has 292 valence electrons. The van der Waals surface area contributed by atoms with Crippen molar-refractivity contribution in [3.05, 3.63) is 24.3 Å². The zero-order valence-electron chi connectivity index (χ0n) is 33.2. The maximum Gasteiger partial charge on any atom is 0.103 e. The highest BCUT2D eigenvalue weighted by Gasteiger charge is 2.29. The molecule has 4 nitrogen and oxygen atoms in total. The fourth-order valence-corrected chi connectivity index (χ4v) is 6.91. The van der Waals surface area contributed by atoms with Crippen LogP contribution in [0.15, 0.2) is 24.3 Å². The van der Waals surface area contributed by atoms with Crippen molar-refractivity contribution in [2.24, 2.45) is 0 Å². The molecule has 0 unspecified atom stereocenters. The first-order chi connectivity index (χ1) is 23.8. The van der Waals surface area contributed by atoms with E-state index in [1.165, 1.54) is 180 Å². The van der Waals surface area contributed by atoms with Crippen LogP contribution in [0, 0.1) is 0 Å². The van der Waals surface area contributed by atoms with Crippen molar-refractivity contribution >= 4 is 0 Å². The summed E-state index contributed by atoms with van der Waals surface area (Å²) in [6, 6.07) is 0. The van der Waals surface area contributed by atoms with Crippen molar-refractivity contribution < 1.29 is 31.1 Å². The van der Waals surface area contributed by atoms with Crippen molar-refractivity contribution in [3.63, 3.8) is 0 Å². The number of hydrogen-bond donors (Lipinski definition) is 0. The lowest BCUT2D eigenvalue weighted by Crippen LogP contribution is -3.00. The Morgan fingerprint density at radius 1 is 0.408 bits per heavy atom. The van der Waals surface area contributed by atoms with Crippen molar-refractivity contribution in [1.82, 2.24) is 0 Å². The normalized spacial score (nSPS) is 14.7. The summed E-state index contributed by atoms with van der Waals surface area (Å²) in [4.78, 5) is 0. The zero-order chi connectivity index (χ0) is 34.3. The van der Waals surface area contributed by atoms with Crippen LogP contribution >= 0.6 is 0 Å². The zero-order valence-corrected chi connectivity index (χ0v) is 34.0. The SMILES string of the molecule is CCCCCCCCC=CCCCCCCCCOCC[N+]1(CCOCCCCCCCCC=CCCCCCCCC)CCOCC1.[Cl-]. The van der Waals surface area contributed by atoms with Gasteiger partial charge in [-0.25, -0.2) is 0 Å². The number of ether oxygens (including phenoxy) is 3. The Hall–Kier alpha value is -0.390. The average Bonchev–Trinajstić information content (AvgIpc) is 3.10. The van der Waals surface area contributed by atoms with Gasteiger partial charge in [0.1, 0.15) is 26.2 Å². The van der Waals surface area contributed by atoms with Crippen LogP contribution in [0.5, 0.6) is 0 Å². The predicted molar refractivity (Wildman–Crippen MR) is 211 cm³/mol. The lowest BCUT2D eigenvalue weighted by atomic mass is 10.1. The summed E-state index contributed by atoms with van der Waals surface area (Å²) in [5.41, 5.74) is 0. The minimum atomic E-state index is 0. The standard InChI is InChI=1S/C44H86NO3.ClH/c1-3-5-7-9-11-13-15-17-19-21-23-25-27-29-31-33-39-46-41-35-45(37-43-48-44-38-45)36-42-47-40-34-32-30-28-26-24-22-20-18-16-14-12-10-8-6-4-2;/h17-20H,3-16,21-44H2,1-2H3;1H/q+1;/p-1. The summed E-state index contributed by atoms with van der Waals surface area (Å²) in [5, 5.41) is 0. The number of unbranched alkanes of at least 4 members (excludes halogenated alkanes) is 24. The summed E-state index contributed by atoms with van der Waals surface area (Å²) in [7, 11) is 0. The predicted octanol–water partition coefficient (Wildman–Crippen LogP) is 9.95. The molecule has 0 spiro atoms. The molecule has 1 aliphatic heterocycles. The average molecular weight is 713 g/mol. The largest absolute Gasteiger partial charge is 1.00 e. The van der Waals surface area contributed by atoms with Crippen LogP contribution in [-0.4, -0.2) is 70.3 Å². The molecule has 0 radical (unpaired) electrons. The smallest absolute Gasteiger partial charge is 0.103 e. The van der Waals surface area contributed by atoms with Crippen molar-refractivity contribution in [2.45, 2.75) is 194 Å². The van der Waals surface area contributed by atoms with E-state index in [0.717, 1.165) is 70.3 Å². The Morgan fingerprint density at radius 3 is 1.06 bits per heavy atom. The molecule has 0 amide bonds. The highest BCUT2D eigenvalue weighted by molar-refractivity contribution is 4.82. The fraction of sp³-hybridized carbons (Fsp3) is 0.909. The van der Waals surface area contributed by atoms with E-state index in [4.69, 9.17) is 14.2 Å². The monoisotopic (exact) mass is 712 g/mol. The quantitative estimate of drug-likeness (QED) is 0.0363. The summed E-state index contributed by atoms with van der Waals surface area (Å²) < 4.78 is 19.0. The van der Waals surface area contributed by atoms with E-state index in [1.54, 1.807) is 0 Å². The summed E-state index contributed by atoms with van der Waals surface area (Å²) in [6.45, 7) is 14.4. The molecule has 0 bridgehead atoms. The van der Waals surface area contributed by atoms with Gasteiger partial charge in [-0.05, 0) is 64.2 Å². The maximum atomic E-state index is 6.11. The molecule has 1 aliphatic rings. The Bertz CT molecular complexity index is 629. The third kappa shape index (κ3) is 34.5. The van der Waals surface area contributed by atoms with Gasteiger partial charge in [0.25, 0.3) is 0 Å². The van der Waals surface area contributed by atoms with E-state index in [-0.39, 0.29) is 12.4 Å². The van der Waals surface area contributed by atoms with Gasteiger partial charge in [0.05, 0.1) is 26.4 Å². The number of rotatable bonds is 38. The number of quaternary nitrogens is 1. The Balaban J connectivity index is 0.0000230. The Labute approximate surface area is 314 Å². The molecule has 49 heavy (non-hydrogen) atoms. The number of halogens is 1. The van der Waals surface area contributed by atoms with E-state index in [9.17, 15) is 0 Å². The van der Waals surface area contributed by atoms with E-state index in [1.807, 2.05) is 0 Å². The van der Waals surface area contributed by atoms with Gasteiger partial charge < -0.3 is 31.1 Å². The minimum absolute atomic E-state index is 0. The van der Waals surface area contributed by atoms with E-state index >= 15 is 0 Å². The van der Waals surface area contributed by atoms with Crippen LogP contribution < -0.4 is 12.4 Å². The summed E-state index contributed by atoms with van der Waals surface area (Å²) in [5.74, 6) is 0. The second-order valence-corrected chi connectivity index (χ2v) is 14.9. The third-order valence-electron chi connectivity index (χ3n) is 10.4. The molecule has 1 saturated heterocycles. The second-order valence-electron chi connectivity index (χ2n) is 14.9. The van der Waals surface area contributed by atoms with Gasteiger partial charge in [-0.3, -0.25) is 0 Å². The van der Waals surface area contributed by atoms with Gasteiger partial charge in [-0.1, -0.05) is 154 Å². The Morgan fingerprint density at radius 2 is 0.714 bits per heavy atom. The van der Waals surface area contributed by atoms with Crippen LogP contribution in [0.4, 0.5) is 0 Å². The molecule has 1 heterocycles. The van der Waals surface area contributed by atoms with Crippen molar-refractivity contribution in [3.8, 4) is 0 Å². The van der Waals surface area contributed by atoms with Gasteiger partial charge in [0.15, 0.2) is 0 Å². The topological polar surface area (TPSA) is 27.7 Å². The maximum absolute atomic E-state index is 6.11. The highest BCUT2D eigenvalue weighted by Crippen LogP contribution is 2.14. The number of nitrogens with zero attached hydrogens (tertiary/aromatic N) is 1. The van der Waals surface area contributed by atoms with E-state index < -0.39 is 0 Å². The number of hydrogen-bond acceptors (Lipinski definition) is 3. The molecule has 0 aromatic carbocycles. The molecular weight excluding hydrogens is 626 g/mol. The number of allylic oxidation sites excluding steroid dienone is 4. The van der Waals surface area contributed by atoms with E-state index in [2.05, 4.69) is 38.2 Å². The van der Waals surface area contributed by atoms with Crippen LogP contribution in [0.2, 0.25) is 0 Å². The van der Waals surface area contributed by atoms with Gasteiger partial charge in [0.2, 0.25) is 0 Å². The van der Waals surface area contributed by atoms with Gasteiger partial charge >= 0.3 is 0 Å². The molecule has 1 fully saturated rings. The highest BCUT2D eigenvalue weighted by atomic mass is 35.5. The van der Waals surface area contributed by atoms with Gasteiger partial charge in [0, 0.05) is 13.2 Å². The lowest BCUT2D eigenvalue weighted by molar-refractivity contribution is -0.935. The molecular formula is C44H86ClNO3. The summed E-state index contributed by atoms with van der Waals surface area (Å²) in [6.07, 6.45) is 47.6. The molecule has 0 aromatic heterocycles. The molecule has 5 heteroatoms. The second kappa shape index (κ2) is 40.4. The third-order valence-corrected chi connectivity index (χ3v) is 10.4. The first-order valence-electron chi connectivity index (χ1n) is 21.7. The lowest BCUT2D eigenvalue weighted by Gasteiger charge is -2.41. The summed E-state index contributed by atoms with van der Waals surface area (Å²) >= 11 is 0. The first-order valence-corrected chi connectivity index (χ1v) is 21.7. The minimum Gasteiger partial charge on any atom is -1.00 e. The van der Waals surface area contributed by atoms with Gasteiger partial charge in [-0.2, -0.15) is 0 Å². The van der Waals surface area contributed by atoms with Crippen LogP contribution in [0.1, 0.15) is 194 Å². The van der Waals surface area contributed by atoms with E-state index in [0.29, 0.717) is 0 Å². The molecule has 1 rings (SSSR count). The van der Waals surface area contributed by atoms with Crippen LogP contribution in [-0.2, 0) is 14.2 Å². The molecule has 0 atom stereocenters. The van der Waals surface area contributed by atoms with Crippen LogP contribution in [0.25, 0.3) is 0 Å². The Kier molecular flexibility index (Phi) is 40.1. The van der Waals surface area contributed by atoms with Crippen LogP contribution in [0.3, 0.4) is 0 Å². The van der Waals surface area contributed by atoms with Gasteiger partial charge in [-0.15, -0.1) is 0 Å². The molecule has 0 aromatic rings. The first kappa shape index (κ1) is 48.6.